The van der Waals surface area contributed by atoms with Crippen molar-refractivity contribution in [3.8, 4) is 0 Å². The fourth-order valence-electron chi connectivity index (χ4n) is 4.89. The lowest BCUT2D eigenvalue weighted by molar-refractivity contribution is -0.124. The monoisotopic (exact) mass is 558 g/mol. The summed E-state index contributed by atoms with van der Waals surface area (Å²) in [4.78, 5) is 30.6. The zero-order valence-corrected chi connectivity index (χ0v) is 22.1. The average molecular weight is 559 g/mol. The fraction of sp³-hybridized carbons (Fsp3) is 0.296. The van der Waals surface area contributed by atoms with E-state index in [4.69, 9.17) is 32.9 Å². The molecule has 3 aromatic rings. The number of allylic oxidation sites excluding steroid dienone is 1. The molecule has 0 radical (unpaired) electrons. The van der Waals surface area contributed by atoms with E-state index in [9.17, 15) is 18.0 Å². The van der Waals surface area contributed by atoms with Crippen molar-refractivity contribution in [3.05, 3.63) is 74.9 Å². The largest absolute Gasteiger partial charge is 0.452 e. The van der Waals surface area contributed by atoms with E-state index in [0.29, 0.717) is 39.4 Å². The van der Waals surface area contributed by atoms with Crippen LogP contribution >= 0.6 is 23.2 Å². The number of esters is 1. The van der Waals surface area contributed by atoms with Gasteiger partial charge in [0.15, 0.2) is 16.4 Å². The number of nitrogens with one attached hydrogen (secondary N) is 1. The van der Waals surface area contributed by atoms with Crippen molar-refractivity contribution >= 4 is 67.5 Å². The summed E-state index contributed by atoms with van der Waals surface area (Å²) in [6, 6.07) is 12.3. The lowest BCUT2D eigenvalue weighted by Gasteiger charge is -2.22. The van der Waals surface area contributed by atoms with Crippen molar-refractivity contribution in [1.82, 2.24) is 10.3 Å². The molecule has 37 heavy (non-hydrogen) atoms. The molecular weight excluding hydrogens is 535 g/mol. The van der Waals surface area contributed by atoms with E-state index >= 15 is 0 Å². The summed E-state index contributed by atoms with van der Waals surface area (Å²) >= 11 is 12.3. The maximum atomic E-state index is 13.3. The second-order valence-corrected chi connectivity index (χ2v) is 12.3. The smallest absolute Gasteiger partial charge is 0.339 e. The van der Waals surface area contributed by atoms with Crippen molar-refractivity contribution in [1.29, 1.82) is 0 Å². The number of hydrogen-bond donors (Lipinski definition) is 1. The van der Waals surface area contributed by atoms with E-state index in [0.717, 1.165) is 35.2 Å². The van der Waals surface area contributed by atoms with E-state index in [1.165, 1.54) is 0 Å². The minimum absolute atomic E-state index is 0.0466. The van der Waals surface area contributed by atoms with E-state index in [2.05, 4.69) is 5.32 Å². The number of pyridine rings is 1. The molecular formula is C27H24Cl2N2O5S. The molecule has 0 bridgehead atoms. The first kappa shape index (κ1) is 25.7. The average Bonchev–Trinajstić information content (AvgIpc) is 3.21. The van der Waals surface area contributed by atoms with Gasteiger partial charge in [-0.15, -0.1) is 0 Å². The van der Waals surface area contributed by atoms with Crippen LogP contribution in [-0.2, 0) is 25.8 Å². The molecule has 1 amide bonds. The van der Waals surface area contributed by atoms with Crippen molar-refractivity contribution in [2.24, 2.45) is 0 Å². The molecule has 0 spiro atoms. The molecule has 10 heteroatoms. The molecule has 0 unspecified atom stereocenters. The molecule has 0 saturated carbocycles. The Labute approximate surface area is 224 Å². The van der Waals surface area contributed by atoms with Gasteiger partial charge in [-0.05, 0) is 66.7 Å². The predicted octanol–water partition coefficient (Wildman–Crippen LogP) is 4.88. The molecule has 1 atom stereocenters. The quantitative estimate of drug-likeness (QED) is 0.448. The first-order valence-electron chi connectivity index (χ1n) is 11.9. The molecule has 2 heterocycles. The number of ether oxygens (including phenoxy) is 1. The SMILES string of the molecule is O=C(COC(=O)c1c2c(nc3ccccc13)/C(=C/c1ccc(Cl)c(Cl)c1)CCC2)N[C@H]1CCS(=O)(=O)C1. The second-order valence-electron chi connectivity index (χ2n) is 9.27. The lowest BCUT2D eigenvalue weighted by Crippen LogP contribution is -2.38. The Kier molecular flexibility index (Phi) is 7.25. The van der Waals surface area contributed by atoms with Gasteiger partial charge < -0.3 is 10.1 Å². The molecule has 2 aromatic carbocycles. The van der Waals surface area contributed by atoms with Crippen molar-refractivity contribution in [2.45, 2.75) is 31.7 Å². The number of fused-ring (bicyclic) bond motifs is 2. The Bertz CT molecular complexity index is 1550. The fourth-order valence-corrected chi connectivity index (χ4v) is 6.87. The molecule has 1 saturated heterocycles. The third-order valence-electron chi connectivity index (χ3n) is 6.59. The van der Waals surface area contributed by atoms with Gasteiger partial charge in [-0.1, -0.05) is 47.5 Å². The Morgan fingerprint density at radius 2 is 1.92 bits per heavy atom. The third kappa shape index (κ3) is 5.66. The van der Waals surface area contributed by atoms with E-state index in [-0.39, 0.29) is 11.5 Å². The summed E-state index contributed by atoms with van der Waals surface area (Å²) in [5, 5.41) is 4.23. The number of nitrogens with zero attached hydrogens (tertiary/aromatic N) is 1. The summed E-state index contributed by atoms with van der Waals surface area (Å²) in [6.45, 7) is -0.493. The molecule has 1 fully saturated rings. The number of aromatic nitrogens is 1. The lowest BCUT2D eigenvalue weighted by atomic mass is 9.86. The topological polar surface area (TPSA) is 102 Å². The van der Waals surface area contributed by atoms with Crippen LogP contribution in [0.2, 0.25) is 10.0 Å². The normalized spacial score (nSPS) is 19.5. The van der Waals surface area contributed by atoms with Gasteiger partial charge in [-0.25, -0.2) is 18.2 Å². The minimum atomic E-state index is -3.13. The Morgan fingerprint density at radius 3 is 2.68 bits per heavy atom. The van der Waals surface area contributed by atoms with Crippen LogP contribution in [0.3, 0.4) is 0 Å². The number of sulfone groups is 1. The number of rotatable bonds is 5. The van der Waals surface area contributed by atoms with Crippen molar-refractivity contribution in [3.63, 3.8) is 0 Å². The molecule has 1 N–H and O–H groups in total. The van der Waals surface area contributed by atoms with E-state index < -0.39 is 34.4 Å². The summed E-state index contributed by atoms with van der Waals surface area (Å²) in [5.41, 5.74) is 4.40. The van der Waals surface area contributed by atoms with Crippen molar-refractivity contribution in [2.75, 3.05) is 18.1 Å². The predicted molar refractivity (Wildman–Crippen MR) is 144 cm³/mol. The number of hydrogen-bond acceptors (Lipinski definition) is 6. The van der Waals surface area contributed by atoms with Gasteiger partial charge in [0, 0.05) is 11.4 Å². The van der Waals surface area contributed by atoms with Crippen LogP contribution in [0.5, 0.6) is 0 Å². The number of carbonyl (C=O) groups excluding carboxylic acids is 2. The zero-order valence-electron chi connectivity index (χ0n) is 19.8. The van der Waals surface area contributed by atoms with Crippen LogP contribution in [-0.4, -0.2) is 49.4 Å². The number of para-hydroxylation sites is 1. The van der Waals surface area contributed by atoms with Crippen LogP contribution in [0.1, 0.15) is 46.4 Å². The highest BCUT2D eigenvalue weighted by molar-refractivity contribution is 7.91. The molecule has 1 aromatic heterocycles. The first-order chi connectivity index (χ1) is 17.7. The Morgan fingerprint density at radius 1 is 1.11 bits per heavy atom. The molecule has 7 nitrogen and oxygen atoms in total. The number of benzene rings is 2. The maximum Gasteiger partial charge on any atom is 0.339 e. The van der Waals surface area contributed by atoms with Crippen LogP contribution in [0.4, 0.5) is 0 Å². The number of carbonyl (C=O) groups is 2. The van der Waals surface area contributed by atoms with Crippen LogP contribution in [0.25, 0.3) is 22.6 Å². The third-order valence-corrected chi connectivity index (χ3v) is 9.10. The zero-order chi connectivity index (χ0) is 26.2. The summed E-state index contributed by atoms with van der Waals surface area (Å²) in [7, 11) is -3.13. The van der Waals surface area contributed by atoms with Crippen LogP contribution < -0.4 is 5.32 Å². The molecule has 2 aliphatic rings. The minimum Gasteiger partial charge on any atom is -0.452 e. The van der Waals surface area contributed by atoms with Gasteiger partial charge in [0.2, 0.25) is 0 Å². The molecule has 192 valence electrons. The van der Waals surface area contributed by atoms with E-state index in [1.54, 1.807) is 12.1 Å². The summed E-state index contributed by atoms with van der Waals surface area (Å²) < 4.78 is 28.7. The summed E-state index contributed by atoms with van der Waals surface area (Å²) in [6.07, 6.45) is 4.60. The number of amides is 1. The maximum absolute atomic E-state index is 13.3. The van der Waals surface area contributed by atoms with Gasteiger partial charge in [0.25, 0.3) is 5.91 Å². The van der Waals surface area contributed by atoms with Gasteiger partial charge in [0.05, 0.1) is 38.3 Å². The summed E-state index contributed by atoms with van der Waals surface area (Å²) in [5.74, 6) is -1.18. The molecule has 1 aliphatic carbocycles. The van der Waals surface area contributed by atoms with Gasteiger partial charge in [-0.2, -0.15) is 0 Å². The highest BCUT2D eigenvalue weighted by Crippen LogP contribution is 2.37. The van der Waals surface area contributed by atoms with Crippen LogP contribution in [0.15, 0.2) is 42.5 Å². The second kappa shape index (κ2) is 10.4. The highest BCUT2D eigenvalue weighted by Gasteiger charge is 2.30. The van der Waals surface area contributed by atoms with Gasteiger partial charge in [-0.3, -0.25) is 4.79 Å². The van der Waals surface area contributed by atoms with Gasteiger partial charge >= 0.3 is 5.97 Å². The number of halogens is 2. The molecule has 1 aliphatic heterocycles. The van der Waals surface area contributed by atoms with Gasteiger partial charge in [0.1, 0.15) is 0 Å². The van der Waals surface area contributed by atoms with E-state index in [1.807, 2.05) is 36.4 Å². The Balaban J connectivity index is 1.44. The standard InChI is InChI=1S/C27H24Cl2N2O5S/c28-21-9-8-16(13-22(21)29)12-17-4-3-6-20-25(19-5-1-2-7-23(19)31-26(17)20)27(33)36-14-24(32)30-18-10-11-37(34,35)15-18/h1-2,5,7-9,12-13,18H,3-4,6,10-11,14-15H2,(H,30,32)/b17-12+/t18-/m0/s1. The van der Waals surface area contributed by atoms with Crippen LogP contribution in [0, 0.1) is 0 Å². The Hall–Kier alpha value is -2.94. The van der Waals surface area contributed by atoms with Crippen molar-refractivity contribution < 1.29 is 22.7 Å². The molecule has 5 rings (SSSR count). The first-order valence-corrected chi connectivity index (χ1v) is 14.5. The highest BCUT2D eigenvalue weighted by atomic mass is 35.5.